The first-order valence-electron chi connectivity index (χ1n) is 37.5. The number of aliphatic hydroxyl groups is 6. The minimum absolute atomic E-state index is 0.0509. The maximum atomic E-state index is 13.1. The van der Waals surface area contributed by atoms with Gasteiger partial charge >= 0.3 is 66.7 Å². The van der Waals surface area contributed by atoms with Gasteiger partial charge in [-0.2, -0.15) is 65.9 Å². The molecule has 4 unspecified atom stereocenters. The van der Waals surface area contributed by atoms with Gasteiger partial charge in [0.25, 0.3) is 17.0 Å². The standard InChI is InChI=1S/C17H26F6O3.C14H26O3.C12H18F6O3.C12H19F3O4.C12H24O3.C10H20O3/c1-4-14(2,3)13(24)26-12(11-8-6-5-7-9-11)10-15(25,16(18,19)20)17(21,22)23;1-6-12(2,3)11(15)17-14(13(4,5)16)9-7-8-10-14;1-5-9(3,4)8(19)21-7(2)6-10(20,11(13,14)15)12(16,17)18;1-5-9(2,3)8(16)19-10(4)6-11(17,18-7-10)12(13,14)15;1-8-10(2,3)9(13)15-12(6,7)11(4,5)14;1-6-9(2,3)8(11)13-7-10(4,5)12/h11-12,25H,4-10H2,1-3H3;16H,6-10H2,1-5H3;7,20H,5-6H2,1-4H3;17H,5-7H2,1-4H3;14H,8H2,1-7H3;12H,6-7H2,1-5H3. The van der Waals surface area contributed by atoms with Crippen molar-refractivity contribution in [3.63, 3.8) is 0 Å². The predicted octanol–water partition coefficient (Wildman–Crippen LogP) is 18.5. The molecule has 2 saturated carbocycles. The third-order valence-corrected chi connectivity index (χ3v) is 21.5. The number of hydrogen-bond donors (Lipinski definition) is 6. The highest BCUT2D eigenvalue weighted by atomic mass is 19.4. The maximum absolute atomic E-state index is 13.1. The summed E-state index contributed by atoms with van der Waals surface area (Å²) in [5.74, 6) is -6.99. The first-order chi connectivity index (χ1) is 48.9. The Morgan fingerprint density at radius 2 is 0.766 bits per heavy atom. The summed E-state index contributed by atoms with van der Waals surface area (Å²) in [6.07, 6.45) is -26.7. The van der Waals surface area contributed by atoms with Crippen LogP contribution in [0.5, 0.6) is 0 Å². The Morgan fingerprint density at radius 3 is 1.08 bits per heavy atom. The molecule has 0 aromatic rings. The second-order valence-corrected chi connectivity index (χ2v) is 35.7. The van der Waals surface area contributed by atoms with E-state index in [2.05, 4.69) is 9.47 Å². The van der Waals surface area contributed by atoms with Gasteiger partial charge in [-0.05, 0) is 235 Å². The first kappa shape index (κ1) is 111. The lowest BCUT2D eigenvalue weighted by molar-refractivity contribution is -0.375. The molecule has 19 nitrogen and oxygen atoms in total. The van der Waals surface area contributed by atoms with Crippen LogP contribution >= 0.6 is 0 Å². The van der Waals surface area contributed by atoms with Gasteiger partial charge in [0.1, 0.15) is 35.6 Å². The molecule has 660 valence electrons. The molecule has 1 aliphatic heterocycles. The quantitative estimate of drug-likeness (QED) is 0.0266. The summed E-state index contributed by atoms with van der Waals surface area (Å²) in [7, 11) is 0. The topological polar surface area (TPSA) is 288 Å². The lowest BCUT2D eigenvalue weighted by Gasteiger charge is -2.41. The lowest BCUT2D eigenvalue weighted by atomic mass is 9.80. The molecule has 4 atom stereocenters. The Bertz CT molecular complexity index is 2870. The Balaban J connectivity index is -0.00000128. The van der Waals surface area contributed by atoms with Crippen LogP contribution in [0.4, 0.5) is 65.9 Å². The van der Waals surface area contributed by atoms with Crippen molar-refractivity contribution < 1.29 is 158 Å². The number of rotatable bonds is 26. The normalized spacial score (nSPS) is 19.5. The lowest BCUT2D eigenvalue weighted by Crippen LogP contribution is -2.59. The van der Waals surface area contributed by atoms with Crippen molar-refractivity contribution >= 4 is 35.8 Å². The molecule has 0 amide bonds. The maximum Gasteiger partial charge on any atom is 0.443 e. The van der Waals surface area contributed by atoms with Gasteiger partial charge in [0.15, 0.2) is 0 Å². The van der Waals surface area contributed by atoms with Crippen LogP contribution in [-0.4, -0.2) is 173 Å². The SMILES string of the molecule is CCC(C)(C)C(=O)OC(C)(C)C(C)(C)O.CCC(C)(C)C(=O)OC(C)CC(O)(C(F)(F)F)C(F)(F)F.CCC(C)(C)C(=O)OC(CC(O)(C(F)(F)F)C(F)(F)F)C1CCCCC1.CCC(C)(C)C(=O)OC1(C(C)(C)O)CCCC1.CCC(C)(C)C(=O)OC1(C)COC(O)(C(F)(F)F)C1.CCC(C)(C)C(=O)OCC(C)(C)O. The number of halogens is 15. The van der Waals surface area contributed by atoms with E-state index in [1.54, 1.807) is 90.0 Å². The Labute approximate surface area is 646 Å². The summed E-state index contributed by atoms with van der Waals surface area (Å²) in [5.41, 5.74) is -20.1. The van der Waals surface area contributed by atoms with E-state index in [1.165, 1.54) is 34.6 Å². The van der Waals surface area contributed by atoms with Gasteiger partial charge in [0, 0.05) is 12.8 Å². The zero-order valence-electron chi connectivity index (χ0n) is 70.5. The van der Waals surface area contributed by atoms with Gasteiger partial charge in [-0.1, -0.05) is 60.8 Å². The average Bonchev–Trinajstić information content (AvgIpc) is 0.879. The third-order valence-electron chi connectivity index (χ3n) is 21.5. The van der Waals surface area contributed by atoms with Crippen molar-refractivity contribution in [3.05, 3.63) is 0 Å². The number of alkyl halides is 15. The van der Waals surface area contributed by atoms with E-state index >= 15 is 0 Å². The Kier molecular flexibility index (Phi) is 40.0. The van der Waals surface area contributed by atoms with E-state index in [0.717, 1.165) is 51.9 Å². The molecule has 34 heteroatoms. The average molecular weight is 1650 g/mol. The van der Waals surface area contributed by atoms with E-state index < -0.39 is 176 Å². The van der Waals surface area contributed by atoms with E-state index in [9.17, 15) is 120 Å². The molecular weight excluding hydrogens is 1510 g/mol. The molecule has 1 saturated heterocycles. The second kappa shape index (κ2) is 40.1. The van der Waals surface area contributed by atoms with Crippen LogP contribution in [-0.2, 0) is 61.9 Å². The molecule has 3 aliphatic rings. The van der Waals surface area contributed by atoms with Gasteiger partial charge in [-0.15, -0.1) is 0 Å². The highest BCUT2D eigenvalue weighted by Gasteiger charge is 2.72. The summed E-state index contributed by atoms with van der Waals surface area (Å²) in [4.78, 5) is 71.2. The number of carbonyl (C=O) groups is 6. The monoisotopic (exact) mass is 1650 g/mol. The summed E-state index contributed by atoms with van der Waals surface area (Å²) in [5, 5.41) is 57.4. The highest BCUT2D eigenvalue weighted by molar-refractivity contribution is 5.78. The molecular formula is C77H133F15O19. The highest BCUT2D eigenvalue weighted by Crippen LogP contribution is 2.51. The van der Waals surface area contributed by atoms with Crippen LogP contribution in [0.3, 0.4) is 0 Å². The summed E-state index contributed by atoms with van der Waals surface area (Å²) in [6, 6.07) is 0. The number of hydrogen-bond acceptors (Lipinski definition) is 19. The molecule has 0 aromatic heterocycles. The van der Waals surface area contributed by atoms with E-state index in [1.807, 2.05) is 62.3 Å². The molecule has 1 heterocycles. The van der Waals surface area contributed by atoms with E-state index in [-0.39, 0.29) is 24.5 Å². The molecule has 0 spiro atoms. The largest absolute Gasteiger partial charge is 0.462 e. The Hall–Kier alpha value is -4.51. The van der Waals surface area contributed by atoms with Crippen molar-refractivity contribution in [3.8, 4) is 0 Å². The van der Waals surface area contributed by atoms with E-state index in [4.69, 9.17) is 28.8 Å². The molecule has 3 fully saturated rings. The number of esters is 6. The molecule has 0 aromatic carbocycles. The fraction of sp³-hybridized carbons (Fsp3) is 0.922. The van der Waals surface area contributed by atoms with Crippen LogP contribution < -0.4 is 0 Å². The minimum Gasteiger partial charge on any atom is -0.462 e. The Morgan fingerprint density at radius 1 is 0.441 bits per heavy atom. The fourth-order valence-corrected chi connectivity index (χ4v) is 9.37. The van der Waals surface area contributed by atoms with Crippen molar-refractivity contribution in [2.45, 2.75) is 403 Å². The molecule has 2 aliphatic carbocycles. The van der Waals surface area contributed by atoms with Gasteiger partial charge < -0.3 is 63.8 Å². The van der Waals surface area contributed by atoms with Crippen LogP contribution in [0, 0.1) is 38.4 Å². The van der Waals surface area contributed by atoms with Crippen LogP contribution in [0.1, 0.15) is 309 Å². The van der Waals surface area contributed by atoms with Crippen LogP contribution in [0.2, 0.25) is 0 Å². The summed E-state index contributed by atoms with van der Waals surface area (Å²) in [6.45, 7) is 46.4. The second-order valence-electron chi connectivity index (χ2n) is 35.7. The van der Waals surface area contributed by atoms with Gasteiger partial charge in [0.2, 0.25) is 0 Å². The molecule has 3 rings (SSSR count). The zero-order valence-corrected chi connectivity index (χ0v) is 70.5. The molecule has 0 radical (unpaired) electrons. The van der Waals surface area contributed by atoms with Gasteiger partial charge in [-0.25, -0.2) is 0 Å². The van der Waals surface area contributed by atoms with Gasteiger partial charge in [0.05, 0.1) is 62.3 Å². The third kappa shape index (κ3) is 32.8. The smallest absolute Gasteiger partial charge is 0.443 e. The molecule has 6 N–H and O–H groups in total. The van der Waals surface area contributed by atoms with Crippen molar-refractivity contribution in [1.29, 1.82) is 0 Å². The van der Waals surface area contributed by atoms with Crippen LogP contribution in [0.25, 0.3) is 0 Å². The first-order valence-corrected chi connectivity index (χ1v) is 37.5. The van der Waals surface area contributed by atoms with E-state index in [0.29, 0.717) is 51.4 Å². The molecule has 111 heavy (non-hydrogen) atoms. The molecule has 0 bridgehead atoms. The number of ether oxygens (including phenoxy) is 7. The zero-order chi connectivity index (χ0) is 89.3. The van der Waals surface area contributed by atoms with Crippen molar-refractivity contribution in [2.24, 2.45) is 38.4 Å². The van der Waals surface area contributed by atoms with Gasteiger partial charge in [-0.3, -0.25) is 28.8 Å². The minimum atomic E-state index is -5.93. The van der Waals surface area contributed by atoms with Crippen LogP contribution in [0.15, 0.2) is 0 Å². The van der Waals surface area contributed by atoms with Crippen molar-refractivity contribution in [2.75, 3.05) is 13.2 Å². The summed E-state index contributed by atoms with van der Waals surface area (Å²) < 4.78 is 226. The summed E-state index contributed by atoms with van der Waals surface area (Å²) >= 11 is 0. The number of carbonyl (C=O) groups excluding carboxylic acids is 6. The fourth-order valence-electron chi connectivity index (χ4n) is 9.37. The predicted molar refractivity (Wildman–Crippen MR) is 383 cm³/mol. The van der Waals surface area contributed by atoms with Crippen molar-refractivity contribution in [1.82, 2.24) is 0 Å².